The van der Waals surface area contributed by atoms with Crippen LogP contribution >= 0.6 is 11.6 Å². The Morgan fingerprint density at radius 1 is 1.03 bits per heavy atom. The molecule has 0 unspecified atom stereocenters. The number of rotatable bonds is 5. The predicted octanol–water partition coefficient (Wildman–Crippen LogP) is 3.67. The summed E-state index contributed by atoms with van der Waals surface area (Å²) in [6.07, 6.45) is 1.86. The maximum Gasteiger partial charge on any atom is 0.304 e. The molecule has 1 aliphatic rings. The number of ether oxygens (including phenoxy) is 1. The van der Waals surface area contributed by atoms with Crippen LogP contribution in [0, 0.1) is 6.92 Å². The lowest BCUT2D eigenvalue weighted by molar-refractivity contribution is -0.596. The van der Waals surface area contributed by atoms with Crippen LogP contribution in [0.3, 0.4) is 0 Å². The minimum absolute atomic E-state index is 0.295. The summed E-state index contributed by atoms with van der Waals surface area (Å²) in [5.41, 5.74) is 6.24. The van der Waals surface area contributed by atoms with Crippen molar-refractivity contribution in [1.82, 2.24) is 10.7 Å². The van der Waals surface area contributed by atoms with Crippen LogP contribution in [0.2, 0.25) is 5.02 Å². The molecule has 2 N–H and O–H groups in total. The van der Waals surface area contributed by atoms with E-state index in [1.807, 2.05) is 61.7 Å². The molecule has 0 spiro atoms. The molecule has 7 heteroatoms. The molecule has 32 heavy (non-hydrogen) atoms. The van der Waals surface area contributed by atoms with Crippen molar-refractivity contribution in [2.75, 3.05) is 7.11 Å². The summed E-state index contributed by atoms with van der Waals surface area (Å²) in [7, 11) is 1.60. The Kier molecular flexibility index (Phi) is 6.23. The maximum absolute atomic E-state index is 12.9. The van der Waals surface area contributed by atoms with Gasteiger partial charge in [0.05, 0.1) is 7.11 Å². The van der Waals surface area contributed by atoms with Gasteiger partial charge in [0.15, 0.2) is 6.04 Å². The summed E-state index contributed by atoms with van der Waals surface area (Å²) in [5.74, 6) is 0.0656. The quantitative estimate of drug-likeness (QED) is 0.585. The van der Waals surface area contributed by atoms with E-state index in [9.17, 15) is 9.59 Å². The van der Waals surface area contributed by atoms with Gasteiger partial charge in [0.25, 0.3) is 5.91 Å². The number of aryl methyl sites for hydroxylation is 1. The van der Waals surface area contributed by atoms with Crippen molar-refractivity contribution in [2.45, 2.75) is 19.0 Å². The number of halogens is 1. The van der Waals surface area contributed by atoms with E-state index in [0.29, 0.717) is 16.3 Å². The van der Waals surface area contributed by atoms with Crippen molar-refractivity contribution in [3.63, 3.8) is 0 Å². The van der Waals surface area contributed by atoms with Crippen molar-refractivity contribution in [3.05, 3.63) is 100 Å². The number of hydrazone groups is 1. The van der Waals surface area contributed by atoms with Crippen molar-refractivity contribution in [1.29, 1.82) is 0 Å². The lowest BCUT2D eigenvalue weighted by atomic mass is 9.99. The molecule has 2 atom stereocenters. The smallest absolute Gasteiger partial charge is 0.304 e. The van der Waals surface area contributed by atoms with E-state index in [1.165, 1.54) is 0 Å². The van der Waals surface area contributed by atoms with Gasteiger partial charge in [-0.25, -0.2) is 0 Å². The minimum Gasteiger partial charge on any atom is -0.497 e. The minimum atomic E-state index is -0.798. The number of carbonyl (C=O) groups excluding carboxylic acids is 2. The largest absolute Gasteiger partial charge is 0.497 e. The van der Waals surface area contributed by atoms with Gasteiger partial charge < -0.3 is 10.1 Å². The standard InChI is InChI=1S/C25H22ClN3O3/c1-16-3-5-17(6-4-16)15-29-23(18-9-13-21(32-2)14-10-18)22(25(31)28-29)27-24(30)19-7-11-20(26)12-8-19/h3-15,22-23H,1-2H3,(H-,27,28,30,31)/p+1/b29-15-/t22-,23-/m0/s1. The predicted molar refractivity (Wildman–Crippen MR) is 123 cm³/mol. The van der Waals surface area contributed by atoms with Gasteiger partial charge in [-0.05, 0) is 67.6 Å². The van der Waals surface area contributed by atoms with E-state index >= 15 is 0 Å². The van der Waals surface area contributed by atoms with E-state index in [2.05, 4.69) is 10.7 Å². The molecule has 6 nitrogen and oxygen atoms in total. The molecule has 3 aromatic rings. The summed E-state index contributed by atoms with van der Waals surface area (Å²) in [6.45, 7) is 2.02. The molecular weight excluding hydrogens is 426 g/mol. The molecule has 0 bridgehead atoms. The number of methoxy groups -OCH3 is 1. The van der Waals surface area contributed by atoms with Crippen molar-refractivity contribution < 1.29 is 19.0 Å². The summed E-state index contributed by atoms with van der Waals surface area (Å²) in [4.78, 5) is 25.8. The number of carbonyl (C=O) groups is 2. The number of hydrogen-bond donors (Lipinski definition) is 2. The van der Waals surface area contributed by atoms with Crippen LogP contribution in [0.15, 0.2) is 72.8 Å². The SMILES string of the molecule is COc1ccc([C@H]2[C@H](NC(=O)c3ccc(Cl)cc3)C(=O)N/[N+]2=C\c2ccc(C)cc2)cc1. The van der Waals surface area contributed by atoms with E-state index in [4.69, 9.17) is 16.3 Å². The van der Waals surface area contributed by atoms with Gasteiger partial charge in [-0.2, -0.15) is 0 Å². The molecular formula is C25H23ClN3O3+. The highest BCUT2D eigenvalue weighted by Crippen LogP contribution is 2.27. The van der Waals surface area contributed by atoms with Gasteiger partial charge in [0.2, 0.25) is 12.3 Å². The lowest BCUT2D eigenvalue weighted by Gasteiger charge is -2.15. The maximum atomic E-state index is 12.9. The van der Waals surface area contributed by atoms with Crippen molar-refractivity contribution in [2.24, 2.45) is 0 Å². The zero-order valence-corrected chi connectivity index (χ0v) is 18.5. The Balaban J connectivity index is 1.69. The second-order valence-corrected chi connectivity index (χ2v) is 8.04. The van der Waals surface area contributed by atoms with Crippen LogP contribution in [-0.4, -0.2) is 35.9 Å². The number of benzene rings is 3. The van der Waals surface area contributed by atoms with Crippen LogP contribution in [0.4, 0.5) is 0 Å². The summed E-state index contributed by atoms with van der Waals surface area (Å²) in [6, 6.07) is 20.7. The molecule has 1 saturated heterocycles. The van der Waals surface area contributed by atoms with Gasteiger partial charge in [-0.1, -0.05) is 29.3 Å². The number of hydrogen-bond acceptors (Lipinski definition) is 3. The van der Waals surface area contributed by atoms with Gasteiger partial charge in [-0.3, -0.25) is 9.59 Å². The highest BCUT2D eigenvalue weighted by atomic mass is 35.5. The average Bonchev–Trinajstić information content (AvgIpc) is 3.10. The Morgan fingerprint density at radius 3 is 2.31 bits per heavy atom. The second kappa shape index (κ2) is 9.24. The van der Waals surface area contributed by atoms with Crippen LogP contribution < -0.4 is 15.5 Å². The first kappa shape index (κ1) is 21.6. The number of hydrazine groups is 1. The van der Waals surface area contributed by atoms with Gasteiger partial charge in [0.1, 0.15) is 5.75 Å². The molecule has 1 aliphatic heterocycles. The molecule has 0 radical (unpaired) electrons. The number of amides is 2. The van der Waals surface area contributed by atoms with Gasteiger partial charge >= 0.3 is 5.91 Å². The molecule has 2 amide bonds. The highest BCUT2D eigenvalue weighted by Gasteiger charge is 2.47. The summed E-state index contributed by atoms with van der Waals surface area (Å²) >= 11 is 5.93. The van der Waals surface area contributed by atoms with Gasteiger partial charge in [-0.15, -0.1) is 10.1 Å². The van der Waals surface area contributed by atoms with Crippen LogP contribution in [0.25, 0.3) is 0 Å². The first-order valence-corrected chi connectivity index (χ1v) is 10.5. The number of nitrogens with one attached hydrogen (secondary N) is 2. The van der Waals surface area contributed by atoms with E-state index in [0.717, 1.165) is 16.7 Å². The molecule has 1 heterocycles. The zero-order valence-electron chi connectivity index (χ0n) is 17.7. The van der Waals surface area contributed by atoms with E-state index < -0.39 is 12.1 Å². The fourth-order valence-electron chi connectivity index (χ4n) is 3.62. The molecule has 0 saturated carbocycles. The normalized spacial score (nSPS) is 19.0. The molecule has 0 aliphatic carbocycles. The monoisotopic (exact) mass is 448 g/mol. The Labute approximate surface area is 191 Å². The molecule has 4 rings (SSSR count). The van der Waals surface area contributed by atoms with E-state index in [-0.39, 0.29) is 11.8 Å². The lowest BCUT2D eigenvalue weighted by Crippen LogP contribution is -2.42. The first-order valence-electron chi connectivity index (χ1n) is 10.2. The third kappa shape index (κ3) is 4.65. The summed E-state index contributed by atoms with van der Waals surface area (Å²) < 4.78 is 7.00. The van der Waals surface area contributed by atoms with Crippen LogP contribution in [-0.2, 0) is 4.79 Å². The number of nitrogens with zero attached hydrogens (tertiary/aromatic N) is 1. The van der Waals surface area contributed by atoms with Crippen LogP contribution in [0.1, 0.15) is 33.1 Å². The zero-order chi connectivity index (χ0) is 22.7. The third-order valence-electron chi connectivity index (χ3n) is 5.35. The Bertz CT molecular complexity index is 1160. The molecule has 0 aromatic heterocycles. The Morgan fingerprint density at radius 2 is 1.69 bits per heavy atom. The van der Waals surface area contributed by atoms with Crippen molar-refractivity contribution >= 4 is 29.6 Å². The average molecular weight is 449 g/mol. The van der Waals surface area contributed by atoms with Gasteiger partial charge in [0, 0.05) is 21.7 Å². The molecule has 1 fully saturated rings. The van der Waals surface area contributed by atoms with Crippen LogP contribution in [0.5, 0.6) is 5.75 Å². The van der Waals surface area contributed by atoms with Crippen molar-refractivity contribution in [3.8, 4) is 5.75 Å². The topological polar surface area (TPSA) is 70.4 Å². The second-order valence-electron chi connectivity index (χ2n) is 7.60. The third-order valence-corrected chi connectivity index (χ3v) is 5.61. The Hall–Kier alpha value is -3.64. The fraction of sp³-hybridized carbons (Fsp3) is 0.160. The molecule has 162 valence electrons. The van der Waals surface area contributed by atoms with E-state index in [1.54, 1.807) is 36.1 Å². The first-order chi connectivity index (χ1) is 15.4. The summed E-state index contributed by atoms with van der Waals surface area (Å²) in [5, 5.41) is 3.42. The fourth-order valence-corrected chi connectivity index (χ4v) is 3.75. The highest BCUT2D eigenvalue weighted by molar-refractivity contribution is 6.30. The molecule has 3 aromatic carbocycles.